The molecule has 1 aliphatic rings. The van der Waals surface area contributed by atoms with Crippen molar-refractivity contribution < 1.29 is 15.0 Å². The third kappa shape index (κ3) is 5.10. The molecule has 1 fully saturated rings. The van der Waals surface area contributed by atoms with Crippen LogP contribution in [-0.4, -0.2) is 38.7 Å². The number of pyridine rings is 1. The minimum Gasteiger partial charge on any atom is -0.503 e. The fourth-order valence-corrected chi connectivity index (χ4v) is 3.25. The van der Waals surface area contributed by atoms with E-state index in [1.165, 1.54) is 44.4 Å². The number of hydrogen-bond acceptors (Lipinski definition) is 4. The van der Waals surface area contributed by atoms with Crippen LogP contribution in [0.25, 0.3) is 0 Å². The van der Waals surface area contributed by atoms with Crippen LogP contribution in [-0.2, 0) is 17.9 Å². The quantitative estimate of drug-likeness (QED) is 0.804. The Morgan fingerprint density at radius 2 is 2.04 bits per heavy atom. The van der Waals surface area contributed by atoms with Crippen molar-refractivity contribution in [2.45, 2.75) is 64.1 Å². The molecule has 6 heteroatoms. The highest BCUT2D eigenvalue weighted by atomic mass is 16.4. The Balaban J connectivity index is 2.09. The lowest BCUT2D eigenvalue weighted by molar-refractivity contribution is -0.137. The first-order chi connectivity index (χ1) is 11.0. The maximum Gasteiger partial charge on any atom is 0.303 e. The Labute approximate surface area is 136 Å². The molecule has 0 unspecified atom stereocenters. The van der Waals surface area contributed by atoms with E-state index < -0.39 is 5.97 Å². The fraction of sp³-hybridized carbons (Fsp3) is 0.647. The third-order valence-corrected chi connectivity index (χ3v) is 4.60. The molecule has 6 nitrogen and oxygen atoms in total. The van der Waals surface area contributed by atoms with Crippen molar-refractivity contribution in [3.8, 4) is 5.75 Å². The molecule has 2 N–H and O–H groups in total. The third-order valence-electron chi connectivity index (χ3n) is 4.60. The summed E-state index contributed by atoms with van der Waals surface area (Å²) in [6, 6.07) is 2.00. The monoisotopic (exact) mass is 322 g/mol. The molecule has 0 spiro atoms. The summed E-state index contributed by atoms with van der Waals surface area (Å²) in [5.74, 6) is -1.12. The summed E-state index contributed by atoms with van der Waals surface area (Å²) < 4.78 is 1.80. The van der Waals surface area contributed by atoms with Gasteiger partial charge in [0.05, 0.1) is 6.20 Å². The summed E-state index contributed by atoms with van der Waals surface area (Å²) in [6.45, 7) is 1.11. The number of aromatic hydroxyl groups is 1. The molecule has 1 saturated carbocycles. The van der Waals surface area contributed by atoms with Crippen molar-refractivity contribution in [2.75, 3.05) is 7.05 Å². The second-order valence-corrected chi connectivity index (χ2v) is 6.41. The number of carbonyl (C=O) groups is 1. The summed E-state index contributed by atoms with van der Waals surface area (Å²) in [7, 11) is 2.06. The predicted molar refractivity (Wildman–Crippen MR) is 87.6 cm³/mol. The summed E-state index contributed by atoms with van der Waals surface area (Å²) in [5, 5.41) is 18.4. The number of carboxylic acids is 1. The van der Waals surface area contributed by atoms with E-state index in [9.17, 15) is 14.7 Å². The van der Waals surface area contributed by atoms with Gasteiger partial charge in [-0.3, -0.25) is 14.5 Å². The van der Waals surface area contributed by atoms with Crippen LogP contribution in [0.5, 0.6) is 5.75 Å². The highest BCUT2D eigenvalue weighted by Gasteiger charge is 2.19. The molecule has 23 heavy (non-hydrogen) atoms. The minimum atomic E-state index is -0.837. The zero-order valence-electron chi connectivity index (χ0n) is 13.7. The van der Waals surface area contributed by atoms with E-state index >= 15 is 0 Å². The first-order valence-corrected chi connectivity index (χ1v) is 8.31. The number of hydrogen-bond donors (Lipinski definition) is 2. The van der Waals surface area contributed by atoms with Gasteiger partial charge in [0.25, 0.3) is 0 Å². The number of aliphatic carboxylic acids is 1. The molecular weight excluding hydrogens is 296 g/mol. The average Bonchev–Trinajstić information content (AvgIpc) is 2.52. The lowest BCUT2D eigenvalue weighted by Crippen LogP contribution is -2.34. The highest BCUT2D eigenvalue weighted by Crippen LogP contribution is 2.23. The predicted octanol–water partition coefficient (Wildman–Crippen LogP) is 2.18. The first kappa shape index (κ1) is 17.5. The molecule has 0 bridgehead atoms. The molecule has 1 aliphatic carbocycles. The maximum absolute atomic E-state index is 11.8. The van der Waals surface area contributed by atoms with E-state index in [4.69, 9.17) is 5.11 Å². The Morgan fingerprint density at radius 3 is 2.70 bits per heavy atom. The van der Waals surface area contributed by atoms with Gasteiger partial charge in [-0.05, 0) is 26.3 Å². The lowest BCUT2D eigenvalue weighted by Gasteiger charge is -2.31. The Hall–Kier alpha value is -1.82. The van der Waals surface area contributed by atoms with E-state index in [1.807, 2.05) is 0 Å². The first-order valence-electron chi connectivity index (χ1n) is 8.31. The zero-order chi connectivity index (χ0) is 16.8. The number of carboxylic acid groups (broad SMARTS) is 1. The van der Waals surface area contributed by atoms with Crippen molar-refractivity contribution in [3.63, 3.8) is 0 Å². The Bertz CT molecular complexity index is 591. The molecule has 1 aromatic rings. The summed E-state index contributed by atoms with van der Waals surface area (Å²) in [4.78, 5) is 24.7. The maximum atomic E-state index is 11.8. The number of nitrogens with zero attached hydrogens (tertiary/aromatic N) is 2. The zero-order valence-corrected chi connectivity index (χ0v) is 13.7. The molecule has 1 aromatic heterocycles. The van der Waals surface area contributed by atoms with Crippen molar-refractivity contribution in [1.82, 2.24) is 9.47 Å². The molecular formula is C17H26N2O4. The van der Waals surface area contributed by atoms with Gasteiger partial charge in [-0.1, -0.05) is 19.3 Å². The second-order valence-electron chi connectivity index (χ2n) is 6.41. The fourth-order valence-electron chi connectivity index (χ4n) is 3.25. The number of aromatic nitrogens is 1. The van der Waals surface area contributed by atoms with Gasteiger partial charge in [0.15, 0.2) is 5.75 Å². The largest absolute Gasteiger partial charge is 0.503 e. The van der Waals surface area contributed by atoms with Crippen LogP contribution in [0.15, 0.2) is 17.1 Å². The van der Waals surface area contributed by atoms with Crippen LogP contribution in [0.3, 0.4) is 0 Å². The van der Waals surface area contributed by atoms with E-state index in [2.05, 4.69) is 11.9 Å². The van der Waals surface area contributed by atoms with Gasteiger partial charge in [0, 0.05) is 37.3 Å². The van der Waals surface area contributed by atoms with Gasteiger partial charge < -0.3 is 14.8 Å². The SMILES string of the molecule is CN(Cc1cc(=O)c(O)cn1CCCC(=O)O)C1CCCCC1. The molecule has 0 radical (unpaired) electrons. The standard InChI is InChI=1S/C17H26N2O4/c1-18(13-6-3-2-4-7-13)11-14-10-15(20)16(21)12-19(14)9-5-8-17(22)23/h10,12-13,21H,2-9,11H2,1H3,(H,22,23). The van der Waals surface area contributed by atoms with Crippen molar-refractivity contribution in [1.29, 1.82) is 0 Å². The number of aryl methyl sites for hydroxylation is 1. The lowest BCUT2D eigenvalue weighted by atomic mass is 9.94. The van der Waals surface area contributed by atoms with E-state index in [0.717, 1.165) is 5.69 Å². The Morgan fingerprint density at radius 1 is 1.35 bits per heavy atom. The minimum absolute atomic E-state index is 0.0742. The van der Waals surface area contributed by atoms with E-state index in [-0.39, 0.29) is 17.6 Å². The van der Waals surface area contributed by atoms with Crippen molar-refractivity contribution >= 4 is 5.97 Å². The molecule has 0 aliphatic heterocycles. The molecule has 0 amide bonds. The van der Waals surface area contributed by atoms with Crippen LogP contribution in [0.1, 0.15) is 50.6 Å². The molecule has 1 heterocycles. The molecule has 2 rings (SSSR count). The van der Waals surface area contributed by atoms with Crippen molar-refractivity contribution in [3.05, 3.63) is 28.2 Å². The normalized spacial score (nSPS) is 15.9. The van der Waals surface area contributed by atoms with Crippen LogP contribution in [0.2, 0.25) is 0 Å². The van der Waals surface area contributed by atoms with Crippen LogP contribution >= 0.6 is 0 Å². The van der Waals surface area contributed by atoms with Gasteiger partial charge in [0.1, 0.15) is 0 Å². The summed E-state index contributed by atoms with van der Waals surface area (Å²) in [6.07, 6.45) is 8.11. The van der Waals surface area contributed by atoms with Crippen LogP contribution < -0.4 is 5.43 Å². The van der Waals surface area contributed by atoms with Crippen molar-refractivity contribution in [2.24, 2.45) is 0 Å². The molecule has 0 saturated heterocycles. The van der Waals surface area contributed by atoms with Gasteiger partial charge in [0.2, 0.25) is 5.43 Å². The average molecular weight is 322 g/mol. The van der Waals surface area contributed by atoms with E-state index in [1.54, 1.807) is 4.57 Å². The van der Waals surface area contributed by atoms with Crippen LogP contribution in [0.4, 0.5) is 0 Å². The van der Waals surface area contributed by atoms with E-state index in [0.29, 0.717) is 25.6 Å². The summed E-state index contributed by atoms with van der Waals surface area (Å²) in [5.41, 5.74) is 0.442. The number of rotatable bonds is 7. The van der Waals surface area contributed by atoms with Gasteiger partial charge in [-0.2, -0.15) is 0 Å². The topological polar surface area (TPSA) is 82.8 Å². The second kappa shape index (κ2) is 8.15. The van der Waals surface area contributed by atoms with Gasteiger partial charge >= 0.3 is 5.97 Å². The smallest absolute Gasteiger partial charge is 0.303 e. The van der Waals surface area contributed by atoms with Gasteiger partial charge in [-0.25, -0.2) is 0 Å². The summed E-state index contributed by atoms with van der Waals surface area (Å²) >= 11 is 0. The van der Waals surface area contributed by atoms with Crippen LogP contribution in [0, 0.1) is 0 Å². The Kier molecular flexibility index (Phi) is 6.21. The van der Waals surface area contributed by atoms with Gasteiger partial charge in [-0.15, -0.1) is 0 Å². The highest BCUT2D eigenvalue weighted by molar-refractivity contribution is 5.66. The molecule has 0 aromatic carbocycles. The molecule has 128 valence electrons. The molecule has 0 atom stereocenters.